The molecular formula is C20H18FNO2. The zero-order chi connectivity index (χ0) is 17.1. The summed E-state index contributed by atoms with van der Waals surface area (Å²) in [5.41, 5.74) is 4.33. The van der Waals surface area contributed by atoms with Crippen LogP contribution in [0, 0.1) is 19.7 Å². The quantitative estimate of drug-likeness (QED) is 0.750. The van der Waals surface area contributed by atoms with Gasteiger partial charge in [0.2, 0.25) is 0 Å². The van der Waals surface area contributed by atoms with Crippen LogP contribution in [0.2, 0.25) is 0 Å². The molecule has 0 spiro atoms. The van der Waals surface area contributed by atoms with Gasteiger partial charge < -0.3 is 9.84 Å². The van der Waals surface area contributed by atoms with Crippen molar-refractivity contribution in [2.75, 3.05) is 0 Å². The maximum Gasteiger partial charge on any atom is 0.165 e. The molecule has 4 heteroatoms. The van der Waals surface area contributed by atoms with E-state index >= 15 is 0 Å². The predicted octanol–water partition coefficient (Wildman–Crippen LogP) is 4.79. The summed E-state index contributed by atoms with van der Waals surface area (Å²) in [7, 11) is 0. The van der Waals surface area contributed by atoms with E-state index in [1.165, 1.54) is 6.07 Å². The average molecular weight is 323 g/mol. The molecule has 3 aromatic rings. The van der Waals surface area contributed by atoms with Crippen molar-refractivity contribution >= 4 is 0 Å². The summed E-state index contributed by atoms with van der Waals surface area (Å²) >= 11 is 0. The van der Waals surface area contributed by atoms with Gasteiger partial charge in [0.05, 0.1) is 5.69 Å². The molecule has 0 fully saturated rings. The number of aromatic hydroxyl groups is 1. The van der Waals surface area contributed by atoms with Crippen LogP contribution < -0.4 is 4.74 Å². The summed E-state index contributed by atoms with van der Waals surface area (Å²) in [6.07, 6.45) is 1.76. The molecule has 0 aliphatic heterocycles. The lowest BCUT2D eigenvalue weighted by Crippen LogP contribution is -1.99. The minimum atomic E-state index is -0.385. The molecular weight excluding hydrogens is 305 g/mol. The first-order valence-corrected chi connectivity index (χ1v) is 7.67. The van der Waals surface area contributed by atoms with Gasteiger partial charge in [0.25, 0.3) is 0 Å². The van der Waals surface area contributed by atoms with Crippen LogP contribution in [-0.4, -0.2) is 10.1 Å². The van der Waals surface area contributed by atoms with E-state index in [-0.39, 0.29) is 18.2 Å². The molecule has 0 atom stereocenters. The van der Waals surface area contributed by atoms with Crippen molar-refractivity contribution in [1.82, 2.24) is 4.98 Å². The largest absolute Gasteiger partial charge is 0.507 e. The van der Waals surface area contributed by atoms with Crippen LogP contribution in [0.4, 0.5) is 4.39 Å². The van der Waals surface area contributed by atoms with Crippen LogP contribution in [0.3, 0.4) is 0 Å². The number of phenols is 1. The number of rotatable bonds is 4. The molecule has 1 N–H and O–H groups in total. The third-order valence-electron chi connectivity index (χ3n) is 3.86. The second-order valence-electron chi connectivity index (χ2n) is 5.72. The number of phenolic OH excluding ortho intramolecular Hbond substituents is 1. The standard InChI is InChI=1S/C20H18FNO2/c1-13-9-16(10-14(2)20(13)23)15-7-8-17(22-11-15)12-24-19-6-4-3-5-18(19)21/h3-11,23H,12H2,1-2H3. The Hall–Kier alpha value is -2.88. The Kier molecular flexibility index (Phi) is 4.47. The zero-order valence-electron chi connectivity index (χ0n) is 13.6. The molecule has 0 saturated heterocycles. The topological polar surface area (TPSA) is 42.4 Å². The summed E-state index contributed by atoms with van der Waals surface area (Å²) < 4.78 is 19.0. The summed E-state index contributed by atoms with van der Waals surface area (Å²) in [4.78, 5) is 4.37. The van der Waals surface area contributed by atoms with Gasteiger partial charge in [0.15, 0.2) is 11.6 Å². The van der Waals surface area contributed by atoms with E-state index in [1.54, 1.807) is 24.4 Å². The SMILES string of the molecule is Cc1cc(-c2ccc(COc3ccccc3F)nc2)cc(C)c1O. The number of para-hydroxylation sites is 1. The Labute approximate surface area is 140 Å². The number of hydrogen-bond donors (Lipinski definition) is 1. The highest BCUT2D eigenvalue weighted by atomic mass is 19.1. The van der Waals surface area contributed by atoms with Crippen LogP contribution in [0.1, 0.15) is 16.8 Å². The van der Waals surface area contributed by atoms with Crippen LogP contribution in [0.5, 0.6) is 11.5 Å². The molecule has 3 rings (SSSR count). The summed E-state index contributed by atoms with van der Waals surface area (Å²) in [6.45, 7) is 3.95. The monoisotopic (exact) mass is 323 g/mol. The van der Waals surface area contributed by atoms with Gasteiger partial charge in [-0.2, -0.15) is 0 Å². The molecule has 0 aliphatic rings. The molecule has 0 amide bonds. The Bertz CT molecular complexity index is 837. The summed E-state index contributed by atoms with van der Waals surface area (Å²) in [5.74, 6) is 0.152. The van der Waals surface area contributed by atoms with E-state index in [0.29, 0.717) is 11.4 Å². The molecule has 24 heavy (non-hydrogen) atoms. The fraction of sp³-hybridized carbons (Fsp3) is 0.150. The number of aromatic nitrogens is 1. The highest BCUT2D eigenvalue weighted by Gasteiger charge is 2.07. The van der Waals surface area contributed by atoms with Gasteiger partial charge >= 0.3 is 0 Å². The third kappa shape index (κ3) is 3.38. The van der Waals surface area contributed by atoms with Gasteiger partial charge in [-0.3, -0.25) is 4.98 Å². The number of hydrogen-bond acceptors (Lipinski definition) is 3. The van der Waals surface area contributed by atoms with Crippen molar-refractivity contribution in [2.24, 2.45) is 0 Å². The Morgan fingerprint density at radius 1 is 1.00 bits per heavy atom. The van der Waals surface area contributed by atoms with Crippen molar-refractivity contribution in [3.63, 3.8) is 0 Å². The summed E-state index contributed by atoms with van der Waals surface area (Å²) in [5, 5.41) is 9.86. The smallest absolute Gasteiger partial charge is 0.165 e. The Morgan fingerprint density at radius 3 is 2.33 bits per heavy atom. The Balaban J connectivity index is 1.75. The van der Waals surface area contributed by atoms with Gasteiger partial charge in [0.1, 0.15) is 12.4 Å². The first kappa shape index (κ1) is 16.0. The van der Waals surface area contributed by atoms with Crippen LogP contribution in [0.25, 0.3) is 11.1 Å². The maximum absolute atomic E-state index is 13.5. The van der Waals surface area contributed by atoms with Crippen molar-refractivity contribution in [1.29, 1.82) is 0 Å². The highest BCUT2D eigenvalue weighted by Crippen LogP contribution is 2.28. The van der Waals surface area contributed by atoms with Crippen molar-refractivity contribution in [3.8, 4) is 22.6 Å². The van der Waals surface area contributed by atoms with Crippen LogP contribution >= 0.6 is 0 Å². The van der Waals surface area contributed by atoms with E-state index in [2.05, 4.69) is 4.98 Å². The fourth-order valence-corrected chi connectivity index (χ4v) is 2.52. The molecule has 122 valence electrons. The lowest BCUT2D eigenvalue weighted by atomic mass is 10.0. The molecule has 0 saturated carbocycles. The highest BCUT2D eigenvalue weighted by molar-refractivity contribution is 5.66. The van der Waals surface area contributed by atoms with Crippen molar-refractivity contribution in [2.45, 2.75) is 20.5 Å². The second-order valence-corrected chi connectivity index (χ2v) is 5.72. The number of benzene rings is 2. The molecule has 3 nitrogen and oxygen atoms in total. The van der Waals surface area contributed by atoms with E-state index < -0.39 is 0 Å². The zero-order valence-corrected chi connectivity index (χ0v) is 13.6. The van der Waals surface area contributed by atoms with Crippen molar-refractivity contribution < 1.29 is 14.2 Å². The summed E-state index contributed by atoms with van der Waals surface area (Å²) in [6, 6.07) is 13.9. The average Bonchev–Trinajstić information content (AvgIpc) is 2.59. The maximum atomic E-state index is 13.5. The first-order valence-electron chi connectivity index (χ1n) is 7.67. The number of ether oxygens (including phenoxy) is 1. The predicted molar refractivity (Wildman–Crippen MR) is 91.5 cm³/mol. The fourth-order valence-electron chi connectivity index (χ4n) is 2.52. The molecule has 1 heterocycles. The number of nitrogens with zero attached hydrogens (tertiary/aromatic N) is 1. The van der Waals surface area contributed by atoms with Gasteiger partial charge in [-0.1, -0.05) is 18.2 Å². The molecule has 0 unspecified atom stereocenters. The minimum Gasteiger partial charge on any atom is -0.507 e. The number of halogens is 1. The normalized spacial score (nSPS) is 10.6. The third-order valence-corrected chi connectivity index (χ3v) is 3.86. The van der Waals surface area contributed by atoms with Gasteiger partial charge in [-0.25, -0.2) is 4.39 Å². The van der Waals surface area contributed by atoms with E-state index in [9.17, 15) is 9.50 Å². The van der Waals surface area contributed by atoms with Gasteiger partial charge in [-0.15, -0.1) is 0 Å². The molecule has 0 aliphatic carbocycles. The lowest BCUT2D eigenvalue weighted by molar-refractivity contribution is 0.286. The molecule has 0 radical (unpaired) electrons. The number of aryl methyl sites for hydroxylation is 2. The lowest BCUT2D eigenvalue weighted by Gasteiger charge is -2.09. The number of pyridine rings is 1. The minimum absolute atomic E-state index is 0.203. The van der Waals surface area contributed by atoms with Gasteiger partial charge in [0, 0.05) is 11.8 Å². The van der Waals surface area contributed by atoms with E-state index in [4.69, 9.17) is 4.74 Å². The van der Waals surface area contributed by atoms with E-state index in [1.807, 2.05) is 38.1 Å². The van der Waals surface area contributed by atoms with Crippen LogP contribution in [-0.2, 0) is 6.61 Å². The second kappa shape index (κ2) is 6.71. The molecule has 0 bridgehead atoms. The van der Waals surface area contributed by atoms with Gasteiger partial charge in [-0.05, 0) is 60.9 Å². The molecule has 2 aromatic carbocycles. The molecule has 1 aromatic heterocycles. The Morgan fingerprint density at radius 2 is 1.71 bits per heavy atom. The first-order chi connectivity index (χ1) is 11.5. The van der Waals surface area contributed by atoms with Crippen LogP contribution in [0.15, 0.2) is 54.7 Å². The van der Waals surface area contributed by atoms with E-state index in [0.717, 1.165) is 22.3 Å². The van der Waals surface area contributed by atoms with Crippen molar-refractivity contribution in [3.05, 3.63) is 77.4 Å².